The van der Waals surface area contributed by atoms with Crippen LogP contribution < -0.4 is 10.6 Å². The Labute approximate surface area is 122 Å². The molecule has 104 valence electrons. The number of amides is 1. The molecule has 2 rings (SSSR count). The fraction of sp³-hybridized carbons (Fsp3) is 0.500. The molecular formula is C14H19BrN2O2. The molecule has 19 heavy (non-hydrogen) atoms. The van der Waals surface area contributed by atoms with Crippen molar-refractivity contribution in [2.75, 3.05) is 25.5 Å². The molecule has 2 N–H and O–H groups in total. The summed E-state index contributed by atoms with van der Waals surface area (Å²) in [6, 6.07) is 5.81. The molecule has 1 aliphatic heterocycles. The fourth-order valence-electron chi connectivity index (χ4n) is 2.36. The predicted molar refractivity (Wildman–Crippen MR) is 79.4 cm³/mol. The van der Waals surface area contributed by atoms with Crippen LogP contribution in [0.15, 0.2) is 22.7 Å². The van der Waals surface area contributed by atoms with Crippen LogP contribution in [0.25, 0.3) is 0 Å². The van der Waals surface area contributed by atoms with E-state index >= 15 is 0 Å². The molecule has 1 amide bonds. The van der Waals surface area contributed by atoms with Crippen molar-refractivity contribution < 1.29 is 9.53 Å². The molecule has 0 spiro atoms. The zero-order valence-electron chi connectivity index (χ0n) is 11.3. The lowest BCUT2D eigenvalue weighted by Gasteiger charge is -2.34. The van der Waals surface area contributed by atoms with Gasteiger partial charge in [0, 0.05) is 17.3 Å². The van der Waals surface area contributed by atoms with Gasteiger partial charge in [0.25, 0.3) is 5.91 Å². The van der Waals surface area contributed by atoms with Crippen molar-refractivity contribution in [1.29, 1.82) is 0 Å². The third-order valence-corrected chi connectivity index (χ3v) is 4.15. The smallest absolute Gasteiger partial charge is 0.256 e. The second kappa shape index (κ2) is 6.03. The first-order valence-corrected chi connectivity index (χ1v) is 7.20. The third-order valence-electron chi connectivity index (χ3n) is 3.65. The van der Waals surface area contributed by atoms with Gasteiger partial charge in [-0.1, -0.05) is 15.9 Å². The molecule has 1 saturated heterocycles. The van der Waals surface area contributed by atoms with Crippen LogP contribution in [0.1, 0.15) is 18.4 Å². The predicted octanol–water partition coefficient (Wildman–Crippen LogP) is 2.46. The van der Waals surface area contributed by atoms with Crippen LogP contribution in [0.2, 0.25) is 0 Å². The van der Waals surface area contributed by atoms with Crippen LogP contribution in [0.5, 0.6) is 0 Å². The van der Waals surface area contributed by atoms with E-state index in [-0.39, 0.29) is 5.91 Å². The molecule has 0 saturated carbocycles. The van der Waals surface area contributed by atoms with Crippen LogP contribution in [0, 0.1) is 6.92 Å². The first-order valence-electron chi connectivity index (χ1n) is 6.41. The fourth-order valence-corrected chi connectivity index (χ4v) is 2.83. The molecule has 0 unspecified atom stereocenters. The second-order valence-electron chi connectivity index (χ2n) is 4.86. The normalized spacial score (nSPS) is 18.1. The van der Waals surface area contributed by atoms with Crippen molar-refractivity contribution in [2.24, 2.45) is 0 Å². The van der Waals surface area contributed by atoms with Crippen LogP contribution in [-0.2, 0) is 9.53 Å². The largest absolute Gasteiger partial charge is 0.368 e. The van der Waals surface area contributed by atoms with Crippen LogP contribution >= 0.6 is 15.9 Å². The number of anilines is 1. The lowest BCUT2D eigenvalue weighted by atomic mass is 9.91. The average molecular weight is 327 g/mol. The Kier molecular flexibility index (Phi) is 4.60. The minimum absolute atomic E-state index is 0.0538. The van der Waals surface area contributed by atoms with Crippen molar-refractivity contribution in [1.82, 2.24) is 5.32 Å². The number of hydrogen-bond donors (Lipinski definition) is 2. The van der Waals surface area contributed by atoms with Crippen LogP contribution in [-0.4, -0.2) is 31.7 Å². The highest BCUT2D eigenvalue weighted by Crippen LogP contribution is 2.26. The summed E-state index contributed by atoms with van der Waals surface area (Å²) in [5.74, 6) is -0.0538. The topological polar surface area (TPSA) is 50.4 Å². The zero-order chi connectivity index (χ0) is 13.9. The van der Waals surface area contributed by atoms with Gasteiger partial charge in [0.05, 0.1) is 0 Å². The van der Waals surface area contributed by atoms with E-state index in [1.165, 1.54) is 0 Å². The molecule has 0 atom stereocenters. The van der Waals surface area contributed by atoms with E-state index in [0.717, 1.165) is 28.8 Å². The number of carbonyl (C=O) groups is 1. The van der Waals surface area contributed by atoms with Gasteiger partial charge < -0.3 is 15.4 Å². The zero-order valence-corrected chi connectivity index (χ0v) is 12.8. The monoisotopic (exact) mass is 326 g/mol. The quantitative estimate of drug-likeness (QED) is 0.897. The lowest BCUT2D eigenvalue weighted by molar-refractivity contribution is -0.140. The summed E-state index contributed by atoms with van der Waals surface area (Å²) in [6.07, 6.45) is 1.40. The van der Waals surface area contributed by atoms with Gasteiger partial charge in [0.2, 0.25) is 0 Å². The van der Waals surface area contributed by atoms with Crippen molar-refractivity contribution in [3.63, 3.8) is 0 Å². The molecule has 0 bridgehead atoms. The summed E-state index contributed by atoms with van der Waals surface area (Å²) in [5, 5.41) is 6.23. The Balaban J connectivity index is 2.15. The first kappa shape index (κ1) is 14.5. The van der Waals surface area contributed by atoms with E-state index in [1.807, 2.05) is 25.1 Å². The van der Waals surface area contributed by atoms with E-state index in [2.05, 4.69) is 26.6 Å². The van der Waals surface area contributed by atoms with E-state index in [0.29, 0.717) is 12.8 Å². The summed E-state index contributed by atoms with van der Waals surface area (Å²) in [6.45, 7) is 3.59. The summed E-state index contributed by atoms with van der Waals surface area (Å²) in [4.78, 5) is 12.5. The molecule has 1 aliphatic rings. The van der Waals surface area contributed by atoms with Gasteiger partial charge in [-0.25, -0.2) is 0 Å². The molecule has 1 heterocycles. The van der Waals surface area contributed by atoms with E-state index in [1.54, 1.807) is 7.11 Å². The standard InChI is InChI=1S/C14H19BrN2O2/c1-10-9-11(15)3-4-12(10)17-13(18)14(19-2)5-7-16-8-6-14/h3-4,9,16H,5-8H2,1-2H3,(H,17,18). The van der Waals surface area contributed by atoms with Gasteiger partial charge in [-0.2, -0.15) is 0 Å². The Morgan fingerprint density at radius 3 is 2.68 bits per heavy atom. The van der Waals surface area contributed by atoms with Crippen molar-refractivity contribution in [3.8, 4) is 0 Å². The molecule has 0 aromatic heterocycles. The number of benzene rings is 1. The minimum atomic E-state index is -0.704. The van der Waals surface area contributed by atoms with Gasteiger partial charge in [-0.3, -0.25) is 4.79 Å². The molecule has 1 fully saturated rings. The molecule has 1 aromatic carbocycles. The highest BCUT2D eigenvalue weighted by Gasteiger charge is 2.39. The Morgan fingerprint density at radius 1 is 1.42 bits per heavy atom. The third kappa shape index (κ3) is 3.16. The molecule has 5 heteroatoms. The number of aryl methyl sites for hydroxylation is 1. The number of halogens is 1. The Hall–Kier alpha value is -0.910. The number of piperidine rings is 1. The minimum Gasteiger partial charge on any atom is -0.368 e. The number of hydrogen-bond acceptors (Lipinski definition) is 3. The van der Waals surface area contributed by atoms with E-state index in [9.17, 15) is 4.79 Å². The number of carbonyl (C=O) groups excluding carboxylic acids is 1. The summed E-state index contributed by atoms with van der Waals surface area (Å²) < 4.78 is 6.52. The molecular weight excluding hydrogens is 308 g/mol. The summed E-state index contributed by atoms with van der Waals surface area (Å²) in [5.41, 5.74) is 1.16. The van der Waals surface area contributed by atoms with Crippen molar-refractivity contribution in [2.45, 2.75) is 25.4 Å². The maximum Gasteiger partial charge on any atom is 0.256 e. The lowest BCUT2D eigenvalue weighted by Crippen LogP contribution is -2.51. The second-order valence-corrected chi connectivity index (χ2v) is 5.78. The average Bonchev–Trinajstić information content (AvgIpc) is 2.42. The molecule has 0 radical (unpaired) electrons. The summed E-state index contributed by atoms with van der Waals surface area (Å²) >= 11 is 3.42. The van der Waals surface area contributed by atoms with Gasteiger partial charge in [0.1, 0.15) is 5.60 Å². The first-order chi connectivity index (χ1) is 9.07. The molecule has 1 aromatic rings. The van der Waals surface area contributed by atoms with Gasteiger partial charge >= 0.3 is 0 Å². The Morgan fingerprint density at radius 2 is 2.11 bits per heavy atom. The van der Waals surface area contributed by atoms with Gasteiger partial charge in [-0.15, -0.1) is 0 Å². The van der Waals surface area contributed by atoms with Gasteiger partial charge in [-0.05, 0) is 56.6 Å². The maximum atomic E-state index is 12.5. The SMILES string of the molecule is COC1(C(=O)Nc2ccc(Br)cc2C)CCNCC1. The van der Waals surface area contributed by atoms with Crippen molar-refractivity contribution >= 4 is 27.5 Å². The van der Waals surface area contributed by atoms with Crippen molar-refractivity contribution in [3.05, 3.63) is 28.2 Å². The highest BCUT2D eigenvalue weighted by atomic mass is 79.9. The number of nitrogens with one attached hydrogen (secondary N) is 2. The number of ether oxygens (including phenoxy) is 1. The molecule has 4 nitrogen and oxygen atoms in total. The number of methoxy groups -OCH3 is 1. The van der Waals surface area contributed by atoms with Crippen LogP contribution in [0.3, 0.4) is 0 Å². The maximum absolute atomic E-state index is 12.5. The van der Waals surface area contributed by atoms with Crippen LogP contribution in [0.4, 0.5) is 5.69 Å². The summed E-state index contributed by atoms with van der Waals surface area (Å²) in [7, 11) is 1.61. The van der Waals surface area contributed by atoms with E-state index in [4.69, 9.17) is 4.74 Å². The number of rotatable bonds is 3. The van der Waals surface area contributed by atoms with E-state index < -0.39 is 5.60 Å². The highest BCUT2D eigenvalue weighted by molar-refractivity contribution is 9.10. The Bertz CT molecular complexity index is 471. The molecule has 0 aliphatic carbocycles. The van der Waals surface area contributed by atoms with Gasteiger partial charge in [0.15, 0.2) is 0 Å².